The molecule has 6 nitrogen and oxygen atoms in total. The highest BCUT2D eigenvalue weighted by molar-refractivity contribution is 14.0. The van der Waals surface area contributed by atoms with Gasteiger partial charge in [-0.3, -0.25) is 9.79 Å². The van der Waals surface area contributed by atoms with Crippen molar-refractivity contribution in [2.45, 2.75) is 26.2 Å². The van der Waals surface area contributed by atoms with Crippen LogP contribution in [0.15, 0.2) is 29.4 Å². The number of carbonyl (C=O) groups excluding carboxylic acids is 1. The van der Waals surface area contributed by atoms with Crippen LogP contribution < -0.4 is 10.6 Å². The zero-order chi connectivity index (χ0) is 18.1. The molecule has 0 amide bonds. The highest BCUT2D eigenvalue weighted by atomic mass is 127. The average molecular weight is 476 g/mol. The first-order valence-electron chi connectivity index (χ1n) is 8.49. The average Bonchev–Trinajstić information content (AvgIpc) is 2.99. The fourth-order valence-electron chi connectivity index (χ4n) is 2.57. The fraction of sp³-hybridized carbons (Fsp3) is 0.444. The van der Waals surface area contributed by atoms with Crippen molar-refractivity contribution in [1.29, 1.82) is 0 Å². The van der Waals surface area contributed by atoms with Crippen LogP contribution in [0.5, 0.6) is 0 Å². The van der Waals surface area contributed by atoms with Gasteiger partial charge in [0.25, 0.3) is 0 Å². The molecule has 2 aromatic rings. The van der Waals surface area contributed by atoms with Crippen LogP contribution in [0, 0.1) is 5.82 Å². The second-order valence-electron chi connectivity index (χ2n) is 5.59. The number of hydrogen-bond donors (Lipinski definition) is 3. The van der Waals surface area contributed by atoms with Gasteiger partial charge in [0.15, 0.2) is 5.96 Å². The predicted octanol–water partition coefficient (Wildman–Crippen LogP) is 2.98. The van der Waals surface area contributed by atoms with Crippen molar-refractivity contribution in [3.63, 3.8) is 0 Å². The summed E-state index contributed by atoms with van der Waals surface area (Å²) in [6, 6.07) is 4.76. The Balaban J connectivity index is 0.00000338. The highest BCUT2D eigenvalue weighted by Gasteiger charge is 2.06. The van der Waals surface area contributed by atoms with E-state index in [4.69, 9.17) is 4.74 Å². The van der Waals surface area contributed by atoms with E-state index in [1.165, 1.54) is 12.1 Å². The molecule has 0 saturated carbocycles. The SMILES string of the molecule is CCOC(=O)CCCNC(=NC)NCCc1c[nH]c2cc(F)ccc12.I. The van der Waals surface area contributed by atoms with E-state index in [9.17, 15) is 9.18 Å². The molecule has 0 aliphatic rings. The summed E-state index contributed by atoms with van der Waals surface area (Å²) in [6.45, 7) is 3.55. The Morgan fingerprint density at radius 1 is 1.31 bits per heavy atom. The van der Waals surface area contributed by atoms with Crippen LogP contribution in [-0.4, -0.2) is 43.7 Å². The molecule has 0 bridgehead atoms. The zero-order valence-electron chi connectivity index (χ0n) is 15.1. The maximum Gasteiger partial charge on any atom is 0.305 e. The molecule has 1 aromatic carbocycles. The van der Waals surface area contributed by atoms with Crippen molar-refractivity contribution in [2.75, 3.05) is 26.7 Å². The molecule has 0 radical (unpaired) electrons. The number of ether oxygens (including phenoxy) is 1. The Hall–Kier alpha value is -1.84. The third-order valence-corrected chi connectivity index (χ3v) is 3.80. The van der Waals surface area contributed by atoms with Crippen molar-refractivity contribution in [2.24, 2.45) is 4.99 Å². The van der Waals surface area contributed by atoms with Crippen molar-refractivity contribution in [1.82, 2.24) is 15.6 Å². The van der Waals surface area contributed by atoms with Crippen LogP contribution >= 0.6 is 24.0 Å². The number of benzene rings is 1. The third kappa shape index (κ3) is 6.81. The Morgan fingerprint density at radius 2 is 2.08 bits per heavy atom. The van der Waals surface area contributed by atoms with Crippen molar-refractivity contribution >= 4 is 46.8 Å². The van der Waals surface area contributed by atoms with E-state index >= 15 is 0 Å². The first kappa shape index (κ1) is 22.2. The van der Waals surface area contributed by atoms with Crippen molar-refractivity contribution in [3.05, 3.63) is 35.8 Å². The van der Waals surface area contributed by atoms with Crippen LogP contribution in [0.3, 0.4) is 0 Å². The number of H-pyrrole nitrogens is 1. The molecule has 0 atom stereocenters. The number of hydrogen-bond acceptors (Lipinski definition) is 3. The first-order chi connectivity index (χ1) is 12.1. The monoisotopic (exact) mass is 476 g/mol. The summed E-state index contributed by atoms with van der Waals surface area (Å²) in [4.78, 5) is 18.5. The van der Waals surface area contributed by atoms with Crippen molar-refractivity contribution in [3.8, 4) is 0 Å². The summed E-state index contributed by atoms with van der Waals surface area (Å²) in [5, 5.41) is 7.43. The summed E-state index contributed by atoms with van der Waals surface area (Å²) < 4.78 is 18.1. The van der Waals surface area contributed by atoms with Gasteiger partial charge < -0.3 is 20.4 Å². The summed E-state index contributed by atoms with van der Waals surface area (Å²) in [7, 11) is 1.70. The molecule has 2 rings (SSSR count). The number of nitrogens with one attached hydrogen (secondary N) is 3. The second-order valence-corrected chi connectivity index (χ2v) is 5.59. The highest BCUT2D eigenvalue weighted by Crippen LogP contribution is 2.19. The number of halogens is 2. The van der Waals surface area contributed by atoms with Crippen LogP contribution in [0.25, 0.3) is 10.9 Å². The van der Waals surface area contributed by atoms with Gasteiger partial charge in [-0.2, -0.15) is 0 Å². The van der Waals surface area contributed by atoms with E-state index < -0.39 is 0 Å². The van der Waals surface area contributed by atoms with Gasteiger partial charge >= 0.3 is 5.97 Å². The normalized spacial score (nSPS) is 11.1. The van der Waals surface area contributed by atoms with Gasteiger partial charge in [-0.25, -0.2) is 4.39 Å². The van der Waals surface area contributed by atoms with Crippen LogP contribution in [-0.2, 0) is 16.0 Å². The summed E-state index contributed by atoms with van der Waals surface area (Å²) in [5.41, 5.74) is 1.93. The molecular formula is C18H26FIN4O2. The molecule has 0 spiro atoms. The number of aliphatic imine (C=N–C) groups is 1. The van der Waals surface area contributed by atoms with E-state index in [0.29, 0.717) is 38.5 Å². The fourth-order valence-corrected chi connectivity index (χ4v) is 2.57. The molecule has 0 aliphatic heterocycles. The lowest BCUT2D eigenvalue weighted by molar-refractivity contribution is -0.143. The summed E-state index contributed by atoms with van der Waals surface area (Å²) >= 11 is 0. The molecule has 0 fully saturated rings. The Morgan fingerprint density at radius 3 is 2.81 bits per heavy atom. The van der Waals surface area contributed by atoms with Gasteiger partial charge in [0.2, 0.25) is 0 Å². The number of aromatic amines is 1. The zero-order valence-corrected chi connectivity index (χ0v) is 17.4. The molecule has 8 heteroatoms. The summed E-state index contributed by atoms with van der Waals surface area (Å²) in [6.07, 6.45) is 3.77. The van der Waals surface area contributed by atoms with Crippen molar-refractivity contribution < 1.29 is 13.9 Å². The van der Waals surface area contributed by atoms with Gasteiger partial charge in [0.05, 0.1) is 6.61 Å². The number of carbonyl (C=O) groups is 1. The Labute approximate surface area is 170 Å². The maximum atomic E-state index is 13.2. The number of rotatable bonds is 8. The smallest absolute Gasteiger partial charge is 0.305 e. The maximum absolute atomic E-state index is 13.2. The molecule has 3 N–H and O–H groups in total. The van der Waals surface area contributed by atoms with Crippen LogP contribution in [0.1, 0.15) is 25.3 Å². The summed E-state index contributed by atoms with van der Waals surface area (Å²) in [5.74, 6) is 0.268. The van der Waals surface area contributed by atoms with E-state index in [1.807, 2.05) is 6.20 Å². The van der Waals surface area contributed by atoms with Gasteiger partial charge in [0, 0.05) is 43.7 Å². The lowest BCUT2D eigenvalue weighted by Crippen LogP contribution is -2.38. The van der Waals surface area contributed by atoms with E-state index in [1.54, 1.807) is 20.0 Å². The standard InChI is InChI=1S/C18H25FN4O2.HI/c1-3-25-17(24)5-4-9-21-18(20-2)22-10-8-13-12-23-16-11-14(19)6-7-15(13)16;/h6-7,11-12,23H,3-5,8-10H2,1-2H3,(H2,20,21,22);1H. The van der Waals surface area contributed by atoms with Crippen LogP contribution in [0.2, 0.25) is 0 Å². The molecule has 0 aliphatic carbocycles. The van der Waals surface area contributed by atoms with Gasteiger partial charge in [-0.15, -0.1) is 24.0 Å². The number of guanidine groups is 1. The molecule has 144 valence electrons. The molecule has 1 heterocycles. The molecule has 1 aromatic heterocycles. The van der Waals surface area contributed by atoms with Gasteiger partial charge in [0.1, 0.15) is 5.82 Å². The van der Waals surface area contributed by atoms with E-state index in [2.05, 4.69) is 20.6 Å². The first-order valence-corrected chi connectivity index (χ1v) is 8.49. The molecule has 0 saturated heterocycles. The lowest BCUT2D eigenvalue weighted by atomic mass is 10.1. The van der Waals surface area contributed by atoms with Crippen LogP contribution in [0.4, 0.5) is 4.39 Å². The number of aromatic nitrogens is 1. The van der Waals surface area contributed by atoms with E-state index in [-0.39, 0.29) is 35.8 Å². The molecular weight excluding hydrogens is 450 g/mol. The lowest BCUT2D eigenvalue weighted by Gasteiger charge is -2.11. The quantitative estimate of drug-likeness (QED) is 0.180. The minimum atomic E-state index is -0.244. The number of fused-ring (bicyclic) bond motifs is 1. The topological polar surface area (TPSA) is 78.5 Å². The van der Waals surface area contributed by atoms with Gasteiger partial charge in [-0.05, 0) is 43.5 Å². The predicted molar refractivity (Wildman–Crippen MR) is 113 cm³/mol. The number of esters is 1. The molecule has 26 heavy (non-hydrogen) atoms. The Bertz CT molecular complexity index is 733. The van der Waals surface area contributed by atoms with Gasteiger partial charge in [-0.1, -0.05) is 0 Å². The molecule has 0 unspecified atom stereocenters. The van der Waals surface area contributed by atoms with E-state index in [0.717, 1.165) is 22.9 Å². The third-order valence-electron chi connectivity index (χ3n) is 3.80. The number of nitrogens with zero attached hydrogens (tertiary/aromatic N) is 1. The minimum absolute atomic E-state index is 0. The second kappa shape index (κ2) is 11.7. The largest absolute Gasteiger partial charge is 0.466 e. The Kier molecular flexibility index (Phi) is 10.0. The minimum Gasteiger partial charge on any atom is -0.466 e.